The first kappa shape index (κ1) is 20.1. The van der Waals surface area contributed by atoms with Gasteiger partial charge in [0.05, 0.1) is 14.2 Å². The molecule has 1 saturated heterocycles. The van der Waals surface area contributed by atoms with E-state index >= 15 is 0 Å². The van der Waals surface area contributed by atoms with Gasteiger partial charge >= 0.3 is 0 Å². The molecule has 0 bridgehead atoms. The molecule has 0 unspecified atom stereocenters. The van der Waals surface area contributed by atoms with Crippen LogP contribution in [0.1, 0.15) is 20.8 Å². The van der Waals surface area contributed by atoms with Crippen molar-refractivity contribution < 1.29 is 19.1 Å². The van der Waals surface area contributed by atoms with Gasteiger partial charge in [0.1, 0.15) is 17.2 Å². The van der Waals surface area contributed by atoms with Gasteiger partial charge in [-0.25, -0.2) is 0 Å². The summed E-state index contributed by atoms with van der Waals surface area (Å²) in [5.41, 5.74) is 1.88. The van der Waals surface area contributed by atoms with Crippen LogP contribution in [0.15, 0.2) is 42.5 Å². The Balaban J connectivity index is 1.44. The predicted octanol–water partition coefficient (Wildman–Crippen LogP) is 3.44. The van der Waals surface area contributed by atoms with Crippen molar-refractivity contribution in [2.24, 2.45) is 0 Å². The van der Waals surface area contributed by atoms with Gasteiger partial charge in [-0.15, -0.1) is 0 Å². The number of aromatic amines is 1. The molecule has 2 heterocycles. The molecule has 0 radical (unpaired) electrons. The molecule has 1 aromatic heterocycles. The van der Waals surface area contributed by atoms with Crippen molar-refractivity contribution >= 4 is 34.3 Å². The number of halogens is 1. The first-order chi connectivity index (χ1) is 14.5. The van der Waals surface area contributed by atoms with Crippen LogP contribution < -0.4 is 9.47 Å². The van der Waals surface area contributed by atoms with Gasteiger partial charge in [0, 0.05) is 53.7 Å². The molecule has 8 heteroatoms. The molecule has 3 aromatic rings. The van der Waals surface area contributed by atoms with Gasteiger partial charge in [0.25, 0.3) is 11.8 Å². The molecule has 156 valence electrons. The molecule has 0 atom stereocenters. The molecule has 0 aliphatic carbocycles. The summed E-state index contributed by atoms with van der Waals surface area (Å²) in [7, 11) is 3.09. The van der Waals surface area contributed by atoms with Crippen LogP contribution in [-0.2, 0) is 0 Å². The van der Waals surface area contributed by atoms with Crippen molar-refractivity contribution in [3.05, 3.63) is 58.7 Å². The van der Waals surface area contributed by atoms with Gasteiger partial charge in [-0.05, 0) is 36.4 Å². The zero-order chi connectivity index (χ0) is 21.3. The quantitative estimate of drug-likeness (QED) is 0.692. The summed E-state index contributed by atoms with van der Waals surface area (Å²) in [5.74, 6) is 0.924. The Kier molecular flexibility index (Phi) is 5.55. The number of piperazine rings is 1. The number of nitrogens with zero attached hydrogens (tertiary/aromatic N) is 2. The van der Waals surface area contributed by atoms with E-state index in [1.54, 1.807) is 48.3 Å². The molecule has 2 aromatic carbocycles. The number of nitrogens with one attached hydrogen (secondary N) is 1. The van der Waals surface area contributed by atoms with Crippen LogP contribution in [0.3, 0.4) is 0 Å². The molecule has 0 spiro atoms. The van der Waals surface area contributed by atoms with E-state index in [4.69, 9.17) is 21.1 Å². The number of carbonyl (C=O) groups excluding carboxylic acids is 2. The minimum absolute atomic E-state index is 0.0857. The fourth-order valence-electron chi connectivity index (χ4n) is 3.62. The molecule has 1 aliphatic rings. The van der Waals surface area contributed by atoms with Crippen molar-refractivity contribution in [2.75, 3.05) is 40.4 Å². The topological polar surface area (TPSA) is 74.9 Å². The van der Waals surface area contributed by atoms with Crippen molar-refractivity contribution in [1.29, 1.82) is 0 Å². The summed E-state index contributed by atoms with van der Waals surface area (Å²) < 4.78 is 10.5. The zero-order valence-electron chi connectivity index (χ0n) is 16.8. The number of rotatable bonds is 4. The number of aromatic nitrogens is 1. The van der Waals surface area contributed by atoms with E-state index in [1.165, 1.54) is 0 Å². The lowest BCUT2D eigenvalue weighted by Gasteiger charge is -2.34. The normalized spacial score (nSPS) is 14.1. The highest BCUT2D eigenvalue weighted by Gasteiger charge is 2.27. The maximum Gasteiger partial charge on any atom is 0.270 e. The van der Waals surface area contributed by atoms with E-state index < -0.39 is 0 Å². The van der Waals surface area contributed by atoms with Crippen molar-refractivity contribution in [1.82, 2.24) is 14.8 Å². The fourth-order valence-corrected chi connectivity index (χ4v) is 3.80. The van der Waals surface area contributed by atoms with E-state index in [0.717, 1.165) is 10.9 Å². The number of hydrogen-bond acceptors (Lipinski definition) is 4. The third-order valence-corrected chi connectivity index (χ3v) is 5.50. The molecule has 4 rings (SSSR count). The lowest BCUT2D eigenvalue weighted by Crippen LogP contribution is -2.50. The van der Waals surface area contributed by atoms with Crippen molar-refractivity contribution in [3.63, 3.8) is 0 Å². The summed E-state index contributed by atoms with van der Waals surface area (Å²) in [4.78, 5) is 32.5. The number of benzene rings is 2. The van der Waals surface area contributed by atoms with Crippen LogP contribution in [-0.4, -0.2) is 67.0 Å². The second kappa shape index (κ2) is 8.28. The molecule has 7 nitrogen and oxygen atoms in total. The van der Waals surface area contributed by atoms with Crippen LogP contribution >= 0.6 is 11.6 Å². The maximum atomic E-state index is 12.9. The fraction of sp³-hybridized carbons (Fsp3) is 0.273. The number of amides is 2. The third kappa shape index (κ3) is 3.93. The number of hydrogen-bond donors (Lipinski definition) is 1. The monoisotopic (exact) mass is 427 g/mol. The minimum atomic E-state index is -0.112. The Morgan fingerprint density at radius 3 is 2.07 bits per heavy atom. The summed E-state index contributed by atoms with van der Waals surface area (Å²) in [6, 6.07) is 12.4. The standard InChI is InChI=1S/C22H22ClN3O4/c1-29-17-10-15(11-18(13-17)30-2)21(27)25-5-7-26(8-6-25)22(28)20-12-14-9-16(23)3-4-19(14)24-20/h3-4,9-13,24H,5-8H2,1-2H3. The Hall–Kier alpha value is -3.19. The van der Waals surface area contributed by atoms with Crippen LogP contribution in [0.25, 0.3) is 10.9 Å². The number of carbonyl (C=O) groups is 2. The number of methoxy groups -OCH3 is 2. The average molecular weight is 428 g/mol. The van der Waals surface area contributed by atoms with Crippen LogP contribution in [0.5, 0.6) is 11.5 Å². The second-order valence-electron chi connectivity index (χ2n) is 7.10. The lowest BCUT2D eigenvalue weighted by atomic mass is 10.1. The first-order valence-corrected chi connectivity index (χ1v) is 9.96. The molecule has 0 saturated carbocycles. The summed E-state index contributed by atoms with van der Waals surface area (Å²) in [6.07, 6.45) is 0. The minimum Gasteiger partial charge on any atom is -0.497 e. The predicted molar refractivity (Wildman–Crippen MR) is 115 cm³/mol. The highest BCUT2D eigenvalue weighted by atomic mass is 35.5. The van der Waals surface area contributed by atoms with Gasteiger partial charge in [0.15, 0.2) is 0 Å². The summed E-state index contributed by atoms with van der Waals surface area (Å²) >= 11 is 6.03. The second-order valence-corrected chi connectivity index (χ2v) is 7.54. The smallest absolute Gasteiger partial charge is 0.270 e. The van der Waals surface area contributed by atoms with Gasteiger partial charge in [-0.1, -0.05) is 11.6 Å². The SMILES string of the molecule is COc1cc(OC)cc(C(=O)N2CCN(C(=O)c3cc4cc(Cl)ccc4[nH]3)CC2)c1. The van der Waals surface area contributed by atoms with Crippen LogP contribution in [0.4, 0.5) is 0 Å². The van der Waals surface area contributed by atoms with E-state index in [-0.39, 0.29) is 11.8 Å². The molecule has 2 amide bonds. The van der Waals surface area contributed by atoms with E-state index in [1.807, 2.05) is 18.2 Å². The van der Waals surface area contributed by atoms with Gasteiger partial charge in [0.2, 0.25) is 0 Å². The van der Waals surface area contributed by atoms with E-state index in [9.17, 15) is 9.59 Å². The van der Waals surface area contributed by atoms with Gasteiger partial charge in [-0.3, -0.25) is 9.59 Å². The Morgan fingerprint density at radius 1 is 0.867 bits per heavy atom. The Bertz CT molecular complexity index is 1080. The van der Waals surface area contributed by atoms with E-state index in [2.05, 4.69) is 4.98 Å². The summed E-state index contributed by atoms with van der Waals surface area (Å²) in [5, 5.41) is 1.52. The number of ether oxygens (including phenoxy) is 2. The molecule has 1 fully saturated rings. The van der Waals surface area contributed by atoms with Crippen molar-refractivity contribution in [3.8, 4) is 11.5 Å². The molecular weight excluding hydrogens is 406 g/mol. The zero-order valence-corrected chi connectivity index (χ0v) is 17.5. The lowest BCUT2D eigenvalue weighted by molar-refractivity contribution is 0.0532. The van der Waals surface area contributed by atoms with Crippen LogP contribution in [0.2, 0.25) is 5.02 Å². The number of fused-ring (bicyclic) bond motifs is 1. The number of H-pyrrole nitrogens is 1. The van der Waals surface area contributed by atoms with Crippen LogP contribution in [0, 0.1) is 0 Å². The Labute approximate surface area is 179 Å². The van der Waals surface area contributed by atoms with Crippen molar-refractivity contribution in [2.45, 2.75) is 0 Å². The molecule has 1 N–H and O–H groups in total. The average Bonchev–Trinajstić information content (AvgIpc) is 3.21. The highest BCUT2D eigenvalue weighted by molar-refractivity contribution is 6.31. The molecular formula is C22H22ClN3O4. The largest absolute Gasteiger partial charge is 0.497 e. The van der Waals surface area contributed by atoms with Gasteiger partial charge in [-0.2, -0.15) is 0 Å². The van der Waals surface area contributed by atoms with Gasteiger partial charge < -0.3 is 24.3 Å². The highest BCUT2D eigenvalue weighted by Crippen LogP contribution is 2.24. The summed E-state index contributed by atoms with van der Waals surface area (Å²) in [6.45, 7) is 1.83. The third-order valence-electron chi connectivity index (χ3n) is 5.27. The first-order valence-electron chi connectivity index (χ1n) is 9.58. The molecule has 1 aliphatic heterocycles. The molecule has 30 heavy (non-hydrogen) atoms. The maximum absolute atomic E-state index is 12.9. The van der Waals surface area contributed by atoms with E-state index in [0.29, 0.717) is 54.0 Å². The Morgan fingerprint density at radius 2 is 1.47 bits per heavy atom.